The van der Waals surface area contributed by atoms with Crippen molar-refractivity contribution < 1.29 is 0 Å². The lowest BCUT2D eigenvalue weighted by atomic mass is 10.0. The van der Waals surface area contributed by atoms with E-state index in [-0.39, 0.29) is 0 Å². The lowest BCUT2D eigenvalue weighted by Crippen LogP contribution is -2.26. The summed E-state index contributed by atoms with van der Waals surface area (Å²) in [7, 11) is 2.09. The first kappa shape index (κ1) is 11.2. The minimum absolute atomic E-state index is 0.509. The van der Waals surface area contributed by atoms with E-state index in [0.717, 1.165) is 0 Å². The van der Waals surface area contributed by atoms with Gasteiger partial charge in [-0.1, -0.05) is 28.1 Å². The van der Waals surface area contributed by atoms with Gasteiger partial charge in [-0.25, -0.2) is 0 Å². The molecule has 0 radical (unpaired) electrons. The van der Waals surface area contributed by atoms with Gasteiger partial charge in [-0.2, -0.15) is 0 Å². The Labute approximate surface area is 100 Å². The molecule has 2 rings (SSSR count). The molecule has 0 saturated heterocycles. The van der Waals surface area contributed by atoms with Gasteiger partial charge in [-0.05, 0) is 56.8 Å². The summed E-state index contributed by atoms with van der Waals surface area (Å²) >= 11 is 3.46. The van der Waals surface area contributed by atoms with Gasteiger partial charge in [0, 0.05) is 10.0 Å². The van der Waals surface area contributed by atoms with Crippen LogP contribution in [0.1, 0.15) is 31.2 Å². The average Bonchev–Trinajstić information content (AvgIpc) is 3.02. The molecule has 0 atom stereocenters. The summed E-state index contributed by atoms with van der Waals surface area (Å²) in [6.45, 7) is 0. The van der Waals surface area contributed by atoms with Gasteiger partial charge in [0.25, 0.3) is 0 Å². The van der Waals surface area contributed by atoms with Crippen molar-refractivity contribution in [2.45, 2.75) is 37.6 Å². The normalized spacial score (nSPS) is 17.7. The molecule has 1 nitrogen and oxygen atoms in total. The van der Waals surface area contributed by atoms with E-state index in [2.05, 4.69) is 52.6 Å². The Bertz CT molecular complexity index is 314. The van der Waals surface area contributed by atoms with Crippen molar-refractivity contribution in [3.8, 4) is 0 Å². The Morgan fingerprint density at radius 2 is 1.93 bits per heavy atom. The van der Waals surface area contributed by atoms with Crippen molar-refractivity contribution in [2.75, 3.05) is 7.05 Å². The molecule has 0 aliphatic heterocycles. The summed E-state index contributed by atoms with van der Waals surface area (Å²) in [6.07, 6.45) is 6.55. The van der Waals surface area contributed by atoms with Gasteiger partial charge in [-0.15, -0.1) is 0 Å². The lowest BCUT2D eigenvalue weighted by molar-refractivity contribution is 0.490. The van der Waals surface area contributed by atoms with Gasteiger partial charge < -0.3 is 5.32 Å². The van der Waals surface area contributed by atoms with Gasteiger partial charge in [-0.3, -0.25) is 0 Å². The first-order valence-electron chi connectivity index (χ1n) is 5.67. The molecular formula is C13H18BrN. The molecule has 1 fully saturated rings. The Hall–Kier alpha value is -0.340. The molecule has 1 N–H and O–H groups in total. The molecule has 0 heterocycles. The number of halogens is 1. The first-order valence-corrected chi connectivity index (χ1v) is 6.47. The van der Waals surface area contributed by atoms with Crippen LogP contribution >= 0.6 is 15.9 Å². The van der Waals surface area contributed by atoms with Crippen LogP contribution in [-0.4, -0.2) is 12.6 Å². The molecule has 1 aromatic carbocycles. The Morgan fingerprint density at radius 1 is 1.27 bits per heavy atom. The van der Waals surface area contributed by atoms with Crippen LogP contribution in [0.5, 0.6) is 0 Å². The third-order valence-electron chi connectivity index (χ3n) is 3.42. The highest BCUT2D eigenvalue weighted by Gasteiger charge is 2.39. The SMILES string of the molecule is CNC1(CCCc2ccc(Br)cc2)CC1. The Balaban J connectivity index is 1.76. The second-order valence-electron chi connectivity index (χ2n) is 4.51. The van der Waals surface area contributed by atoms with Gasteiger partial charge in [0.15, 0.2) is 0 Å². The van der Waals surface area contributed by atoms with Crippen molar-refractivity contribution in [1.82, 2.24) is 5.32 Å². The predicted molar refractivity (Wildman–Crippen MR) is 68.1 cm³/mol. The van der Waals surface area contributed by atoms with E-state index < -0.39 is 0 Å². The van der Waals surface area contributed by atoms with Crippen LogP contribution < -0.4 is 5.32 Å². The van der Waals surface area contributed by atoms with E-state index in [1.165, 1.54) is 42.1 Å². The minimum Gasteiger partial charge on any atom is -0.314 e. The summed E-state index contributed by atoms with van der Waals surface area (Å²) in [6, 6.07) is 8.67. The van der Waals surface area contributed by atoms with E-state index in [4.69, 9.17) is 0 Å². The van der Waals surface area contributed by atoms with E-state index in [1.54, 1.807) is 0 Å². The molecule has 0 amide bonds. The Kier molecular flexibility index (Phi) is 3.47. The highest BCUT2D eigenvalue weighted by atomic mass is 79.9. The molecule has 82 valence electrons. The smallest absolute Gasteiger partial charge is 0.0180 e. The van der Waals surface area contributed by atoms with Crippen molar-refractivity contribution >= 4 is 15.9 Å². The van der Waals surface area contributed by atoms with Gasteiger partial charge in [0.1, 0.15) is 0 Å². The minimum atomic E-state index is 0.509. The number of hydrogen-bond donors (Lipinski definition) is 1. The van der Waals surface area contributed by atoms with Crippen molar-refractivity contribution in [3.05, 3.63) is 34.3 Å². The standard InChI is InChI=1S/C13H18BrN/c1-15-13(9-10-13)8-2-3-11-4-6-12(14)7-5-11/h4-7,15H,2-3,8-10H2,1H3. The van der Waals surface area contributed by atoms with Crippen molar-refractivity contribution in [1.29, 1.82) is 0 Å². The number of aryl methyl sites for hydroxylation is 1. The first-order chi connectivity index (χ1) is 7.24. The van der Waals surface area contributed by atoms with Gasteiger partial charge in [0.05, 0.1) is 0 Å². The predicted octanol–water partition coefficient (Wildman–Crippen LogP) is 3.52. The van der Waals surface area contributed by atoms with Crippen LogP contribution in [0, 0.1) is 0 Å². The maximum Gasteiger partial charge on any atom is 0.0180 e. The zero-order valence-electron chi connectivity index (χ0n) is 9.22. The fourth-order valence-corrected chi connectivity index (χ4v) is 2.32. The number of hydrogen-bond acceptors (Lipinski definition) is 1. The second-order valence-corrected chi connectivity index (χ2v) is 5.43. The summed E-state index contributed by atoms with van der Waals surface area (Å²) in [5, 5.41) is 3.44. The maximum absolute atomic E-state index is 3.46. The van der Waals surface area contributed by atoms with E-state index in [0.29, 0.717) is 5.54 Å². The summed E-state index contributed by atoms with van der Waals surface area (Å²) in [4.78, 5) is 0. The molecule has 0 bridgehead atoms. The van der Waals surface area contributed by atoms with E-state index in [1.807, 2.05) is 0 Å². The molecule has 0 aromatic heterocycles. The van der Waals surface area contributed by atoms with E-state index >= 15 is 0 Å². The third-order valence-corrected chi connectivity index (χ3v) is 3.95. The van der Waals surface area contributed by atoms with Crippen molar-refractivity contribution in [3.63, 3.8) is 0 Å². The van der Waals surface area contributed by atoms with Gasteiger partial charge in [0.2, 0.25) is 0 Å². The fraction of sp³-hybridized carbons (Fsp3) is 0.538. The van der Waals surface area contributed by atoms with Crippen LogP contribution in [0.2, 0.25) is 0 Å². The van der Waals surface area contributed by atoms with Crippen LogP contribution in [0.25, 0.3) is 0 Å². The van der Waals surface area contributed by atoms with Crippen LogP contribution in [-0.2, 0) is 6.42 Å². The summed E-state index contributed by atoms with van der Waals surface area (Å²) in [5.41, 5.74) is 1.96. The largest absolute Gasteiger partial charge is 0.314 e. The molecule has 15 heavy (non-hydrogen) atoms. The Morgan fingerprint density at radius 3 is 2.47 bits per heavy atom. The third kappa shape index (κ3) is 3.05. The summed E-state index contributed by atoms with van der Waals surface area (Å²) < 4.78 is 1.17. The molecule has 0 unspecified atom stereocenters. The zero-order chi connectivity index (χ0) is 10.7. The maximum atomic E-state index is 3.46. The average molecular weight is 268 g/mol. The molecule has 1 aliphatic carbocycles. The number of nitrogens with one attached hydrogen (secondary N) is 1. The molecular weight excluding hydrogens is 250 g/mol. The van der Waals surface area contributed by atoms with Crippen LogP contribution in [0.3, 0.4) is 0 Å². The molecule has 2 heteroatoms. The van der Waals surface area contributed by atoms with Crippen LogP contribution in [0.4, 0.5) is 0 Å². The topological polar surface area (TPSA) is 12.0 Å². The van der Waals surface area contributed by atoms with Crippen molar-refractivity contribution in [2.24, 2.45) is 0 Å². The number of benzene rings is 1. The monoisotopic (exact) mass is 267 g/mol. The van der Waals surface area contributed by atoms with Gasteiger partial charge >= 0.3 is 0 Å². The second kappa shape index (κ2) is 4.67. The zero-order valence-corrected chi connectivity index (χ0v) is 10.8. The fourth-order valence-electron chi connectivity index (χ4n) is 2.06. The molecule has 1 aliphatic rings. The lowest BCUT2D eigenvalue weighted by Gasteiger charge is -2.13. The molecule has 1 saturated carbocycles. The highest BCUT2D eigenvalue weighted by Crippen LogP contribution is 2.39. The number of rotatable bonds is 5. The quantitative estimate of drug-likeness (QED) is 0.861. The van der Waals surface area contributed by atoms with Crippen LogP contribution in [0.15, 0.2) is 28.7 Å². The molecule has 1 aromatic rings. The summed E-state index contributed by atoms with van der Waals surface area (Å²) in [5.74, 6) is 0. The highest BCUT2D eigenvalue weighted by molar-refractivity contribution is 9.10. The molecule has 0 spiro atoms. The van der Waals surface area contributed by atoms with E-state index in [9.17, 15) is 0 Å².